The fourth-order valence-corrected chi connectivity index (χ4v) is 2.01. The molecule has 0 atom stereocenters. The first-order chi connectivity index (χ1) is 7.75. The summed E-state index contributed by atoms with van der Waals surface area (Å²) in [5.41, 5.74) is 3.87. The lowest BCUT2D eigenvalue weighted by Gasteiger charge is -2.27. The minimum absolute atomic E-state index is 0.177. The van der Waals surface area contributed by atoms with Crippen molar-refractivity contribution in [3.05, 3.63) is 34.1 Å². The monoisotopic (exact) mass is 288 g/mol. The molecule has 1 heterocycles. The number of hydrogen-bond donors (Lipinski definition) is 1. The lowest BCUT2D eigenvalue weighted by atomic mass is 10.2. The first kappa shape index (κ1) is 12.0. The Kier molecular flexibility index (Phi) is 4.29. The second kappa shape index (κ2) is 5.72. The summed E-state index contributed by atoms with van der Waals surface area (Å²) in [6.07, 6.45) is 0. The van der Waals surface area contributed by atoms with Crippen molar-refractivity contribution in [3.63, 3.8) is 0 Å². The molecule has 0 bridgehead atoms. The molecule has 3 nitrogen and oxygen atoms in total. The number of rotatable bonds is 3. The number of hydrogen-bond acceptors (Lipinski definition) is 3. The molecule has 0 amide bonds. The molecule has 1 fully saturated rings. The van der Waals surface area contributed by atoms with Gasteiger partial charge >= 0.3 is 0 Å². The lowest BCUT2D eigenvalue weighted by Crippen LogP contribution is -2.45. The second-order valence-electron chi connectivity index (χ2n) is 3.67. The van der Waals surface area contributed by atoms with Crippen molar-refractivity contribution in [1.82, 2.24) is 10.4 Å². The zero-order valence-electron chi connectivity index (χ0n) is 8.88. The predicted molar refractivity (Wildman–Crippen MR) is 63.3 cm³/mol. The summed E-state index contributed by atoms with van der Waals surface area (Å²) < 4.78 is 19.5. The van der Waals surface area contributed by atoms with Gasteiger partial charge in [-0.25, -0.2) is 9.40 Å². The number of morpholine rings is 1. The van der Waals surface area contributed by atoms with E-state index in [1.165, 1.54) is 6.07 Å². The van der Waals surface area contributed by atoms with Crippen molar-refractivity contribution >= 4 is 15.9 Å². The van der Waals surface area contributed by atoms with E-state index in [0.717, 1.165) is 30.8 Å². The molecule has 1 aromatic carbocycles. The predicted octanol–water partition coefficient (Wildman–Crippen LogP) is 1.92. The molecule has 0 unspecified atom stereocenters. The van der Waals surface area contributed by atoms with Gasteiger partial charge in [-0.05, 0) is 18.2 Å². The van der Waals surface area contributed by atoms with Crippen LogP contribution >= 0.6 is 15.9 Å². The zero-order chi connectivity index (χ0) is 11.4. The van der Waals surface area contributed by atoms with Crippen LogP contribution in [-0.4, -0.2) is 31.3 Å². The average molecular weight is 289 g/mol. The van der Waals surface area contributed by atoms with Crippen molar-refractivity contribution in [2.45, 2.75) is 6.54 Å². The minimum Gasteiger partial charge on any atom is -0.379 e. The average Bonchev–Trinajstić information content (AvgIpc) is 2.32. The van der Waals surface area contributed by atoms with E-state index < -0.39 is 0 Å². The van der Waals surface area contributed by atoms with Crippen LogP contribution in [0.15, 0.2) is 22.7 Å². The van der Waals surface area contributed by atoms with E-state index in [0.29, 0.717) is 12.1 Å². The van der Waals surface area contributed by atoms with E-state index in [9.17, 15) is 4.39 Å². The fraction of sp³-hybridized carbons (Fsp3) is 0.455. The van der Waals surface area contributed by atoms with Crippen LogP contribution in [0.3, 0.4) is 0 Å². The summed E-state index contributed by atoms with van der Waals surface area (Å²) >= 11 is 3.33. The normalized spacial score (nSPS) is 17.6. The summed E-state index contributed by atoms with van der Waals surface area (Å²) in [6.45, 7) is 3.65. The molecular weight excluding hydrogens is 275 g/mol. The molecule has 0 spiro atoms. The molecule has 1 aliphatic heterocycles. The van der Waals surface area contributed by atoms with Crippen molar-refractivity contribution in [3.8, 4) is 0 Å². The summed E-state index contributed by atoms with van der Waals surface area (Å²) in [5.74, 6) is -0.177. The van der Waals surface area contributed by atoms with Gasteiger partial charge in [0.1, 0.15) is 5.82 Å². The van der Waals surface area contributed by atoms with Gasteiger partial charge < -0.3 is 4.74 Å². The number of benzene rings is 1. The van der Waals surface area contributed by atoms with Gasteiger partial charge in [-0.15, -0.1) is 0 Å². The first-order valence-electron chi connectivity index (χ1n) is 5.26. The summed E-state index contributed by atoms with van der Waals surface area (Å²) in [4.78, 5) is 0. The van der Waals surface area contributed by atoms with Crippen LogP contribution in [0.5, 0.6) is 0 Å². The molecule has 16 heavy (non-hydrogen) atoms. The van der Waals surface area contributed by atoms with Gasteiger partial charge in [-0.3, -0.25) is 5.43 Å². The van der Waals surface area contributed by atoms with E-state index in [1.54, 1.807) is 12.1 Å². The van der Waals surface area contributed by atoms with Gasteiger partial charge in [-0.2, -0.15) is 0 Å². The Morgan fingerprint density at radius 3 is 2.88 bits per heavy atom. The molecular formula is C11H14BrFN2O. The van der Waals surface area contributed by atoms with Crippen LogP contribution in [0.1, 0.15) is 5.56 Å². The van der Waals surface area contributed by atoms with E-state index >= 15 is 0 Å². The van der Waals surface area contributed by atoms with Crippen LogP contribution in [0.25, 0.3) is 0 Å². The third-order valence-corrected chi connectivity index (χ3v) is 3.01. The molecule has 1 aliphatic rings. The summed E-state index contributed by atoms with van der Waals surface area (Å²) in [6, 6.07) is 4.97. The number of halogens is 2. The number of hydrazine groups is 1. The van der Waals surface area contributed by atoms with Crippen molar-refractivity contribution < 1.29 is 9.13 Å². The van der Waals surface area contributed by atoms with E-state index in [-0.39, 0.29) is 5.82 Å². The number of ether oxygens (including phenoxy) is 1. The van der Waals surface area contributed by atoms with Gasteiger partial charge in [0, 0.05) is 29.7 Å². The Balaban J connectivity index is 1.90. The van der Waals surface area contributed by atoms with Crippen LogP contribution in [0.4, 0.5) is 4.39 Å². The summed E-state index contributed by atoms with van der Waals surface area (Å²) in [5, 5.41) is 2.06. The van der Waals surface area contributed by atoms with Crippen LogP contribution in [-0.2, 0) is 11.3 Å². The highest BCUT2D eigenvalue weighted by atomic mass is 79.9. The molecule has 2 rings (SSSR count). The highest BCUT2D eigenvalue weighted by molar-refractivity contribution is 9.10. The van der Waals surface area contributed by atoms with Gasteiger partial charge in [0.25, 0.3) is 0 Å². The highest BCUT2D eigenvalue weighted by Gasteiger charge is 2.10. The maximum atomic E-state index is 13.4. The molecule has 88 valence electrons. The molecule has 5 heteroatoms. The highest BCUT2D eigenvalue weighted by Crippen LogP contribution is 2.15. The Morgan fingerprint density at radius 1 is 1.38 bits per heavy atom. The Labute approximate surface area is 103 Å². The minimum atomic E-state index is -0.177. The van der Waals surface area contributed by atoms with Crippen molar-refractivity contribution in [1.29, 1.82) is 0 Å². The standard InChI is InChI=1S/C11H14BrFN2O/c12-10-1-2-11(13)9(7-10)8-14-15-3-5-16-6-4-15/h1-2,7,14H,3-6,8H2. The van der Waals surface area contributed by atoms with Gasteiger partial charge in [0.2, 0.25) is 0 Å². The van der Waals surface area contributed by atoms with Gasteiger partial charge in [-0.1, -0.05) is 15.9 Å². The van der Waals surface area contributed by atoms with E-state index in [2.05, 4.69) is 26.4 Å². The van der Waals surface area contributed by atoms with E-state index in [1.807, 2.05) is 0 Å². The topological polar surface area (TPSA) is 24.5 Å². The molecule has 0 saturated carbocycles. The van der Waals surface area contributed by atoms with Crippen LogP contribution in [0.2, 0.25) is 0 Å². The lowest BCUT2D eigenvalue weighted by molar-refractivity contribution is 0.0104. The third-order valence-electron chi connectivity index (χ3n) is 2.51. The molecule has 0 aliphatic carbocycles. The quantitative estimate of drug-likeness (QED) is 0.920. The molecule has 0 radical (unpaired) electrons. The maximum absolute atomic E-state index is 13.4. The molecule has 1 N–H and O–H groups in total. The van der Waals surface area contributed by atoms with Crippen LogP contribution < -0.4 is 5.43 Å². The number of nitrogens with zero attached hydrogens (tertiary/aromatic N) is 1. The smallest absolute Gasteiger partial charge is 0.127 e. The van der Waals surface area contributed by atoms with Crippen molar-refractivity contribution in [2.24, 2.45) is 0 Å². The van der Waals surface area contributed by atoms with Crippen molar-refractivity contribution in [2.75, 3.05) is 26.3 Å². The van der Waals surface area contributed by atoms with Gasteiger partial charge in [0.15, 0.2) is 0 Å². The second-order valence-corrected chi connectivity index (χ2v) is 4.59. The Bertz CT molecular complexity index is 356. The third kappa shape index (κ3) is 3.25. The SMILES string of the molecule is Fc1ccc(Br)cc1CNN1CCOCC1. The molecule has 1 aromatic rings. The fourth-order valence-electron chi connectivity index (χ4n) is 1.60. The van der Waals surface area contributed by atoms with Gasteiger partial charge in [0.05, 0.1) is 13.2 Å². The molecule has 1 saturated heterocycles. The Hall–Kier alpha value is -0.490. The van der Waals surface area contributed by atoms with Crippen LogP contribution in [0, 0.1) is 5.82 Å². The first-order valence-corrected chi connectivity index (χ1v) is 6.05. The Morgan fingerprint density at radius 2 is 2.12 bits per heavy atom. The molecule has 0 aromatic heterocycles. The maximum Gasteiger partial charge on any atom is 0.127 e. The number of nitrogens with one attached hydrogen (secondary N) is 1. The largest absolute Gasteiger partial charge is 0.379 e. The zero-order valence-corrected chi connectivity index (χ0v) is 10.5. The van der Waals surface area contributed by atoms with E-state index in [4.69, 9.17) is 4.74 Å². The summed E-state index contributed by atoms with van der Waals surface area (Å²) in [7, 11) is 0.